The lowest BCUT2D eigenvalue weighted by molar-refractivity contribution is -0.235. The van der Waals surface area contributed by atoms with Gasteiger partial charge in [-0.05, 0) is 24.1 Å². The van der Waals surface area contributed by atoms with Crippen LogP contribution < -0.4 is 4.74 Å². The first-order valence-corrected chi connectivity index (χ1v) is 6.50. The summed E-state index contributed by atoms with van der Waals surface area (Å²) in [6.45, 7) is -0.114. The number of aliphatic hydroxyl groups is 4. The zero-order valence-corrected chi connectivity index (χ0v) is 11.2. The van der Waals surface area contributed by atoms with E-state index in [4.69, 9.17) is 9.47 Å². The summed E-state index contributed by atoms with van der Waals surface area (Å²) in [5.74, 6) is -0.0618. The Kier molecular flexibility index (Phi) is 4.95. The summed E-state index contributed by atoms with van der Waals surface area (Å²) in [5.41, 5.74) is 0.644. The fourth-order valence-electron chi connectivity index (χ4n) is 2.35. The van der Waals surface area contributed by atoms with Gasteiger partial charge in [0, 0.05) is 5.92 Å². The highest BCUT2D eigenvalue weighted by Crippen LogP contribution is 2.30. The minimum Gasteiger partial charge on any atom is -0.497 e. The van der Waals surface area contributed by atoms with E-state index in [9.17, 15) is 20.4 Å². The van der Waals surface area contributed by atoms with Crippen LogP contribution in [0.3, 0.4) is 0 Å². The number of ether oxygens (including phenoxy) is 2. The molecule has 5 atom stereocenters. The molecule has 1 aliphatic rings. The lowest BCUT2D eigenvalue weighted by atomic mass is 9.87. The van der Waals surface area contributed by atoms with Gasteiger partial charge < -0.3 is 29.9 Å². The number of hydrogen-bond donors (Lipinski definition) is 4. The van der Waals surface area contributed by atoms with Gasteiger partial charge in [0.2, 0.25) is 0 Å². The van der Waals surface area contributed by atoms with Gasteiger partial charge in [-0.25, -0.2) is 0 Å². The topological polar surface area (TPSA) is 99.4 Å². The summed E-state index contributed by atoms with van der Waals surface area (Å²) >= 11 is 0. The first-order valence-electron chi connectivity index (χ1n) is 6.50. The van der Waals surface area contributed by atoms with Crippen molar-refractivity contribution < 1.29 is 29.9 Å². The summed E-state index contributed by atoms with van der Waals surface area (Å²) in [6, 6.07) is 6.86. The molecule has 1 fully saturated rings. The van der Waals surface area contributed by atoms with E-state index in [2.05, 4.69) is 0 Å². The highest BCUT2D eigenvalue weighted by atomic mass is 16.6. The third-order valence-electron chi connectivity index (χ3n) is 3.63. The maximum absolute atomic E-state index is 10.2. The fourth-order valence-corrected chi connectivity index (χ4v) is 2.35. The van der Waals surface area contributed by atoms with Crippen LogP contribution in [0.5, 0.6) is 5.75 Å². The van der Waals surface area contributed by atoms with Crippen molar-refractivity contribution >= 4 is 0 Å². The quantitative estimate of drug-likeness (QED) is 0.611. The predicted octanol–water partition coefficient (Wildman–Crippen LogP) is -0.195. The molecular weight excluding hydrogens is 264 g/mol. The van der Waals surface area contributed by atoms with Crippen molar-refractivity contribution in [2.45, 2.75) is 31.0 Å². The van der Waals surface area contributed by atoms with Gasteiger partial charge in [0.25, 0.3) is 0 Å². The number of benzene rings is 1. The van der Waals surface area contributed by atoms with E-state index in [1.165, 1.54) is 0 Å². The van der Waals surface area contributed by atoms with Gasteiger partial charge in [0.05, 0.1) is 25.9 Å². The second-order valence-electron chi connectivity index (χ2n) is 4.97. The molecule has 6 heteroatoms. The van der Waals surface area contributed by atoms with Crippen LogP contribution in [0.1, 0.15) is 18.1 Å². The smallest absolute Gasteiger partial charge is 0.160 e. The highest BCUT2D eigenvalue weighted by molar-refractivity contribution is 5.28. The Labute approximate surface area is 117 Å². The van der Waals surface area contributed by atoms with Crippen LogP contribution in [0, 0.1) is 5.92 Å². The molecule has 0 aromatic heterocycles. The molecule has 6 nitrogen and oxygen atoms in total. The largest absolute Gasteiger partial charge is 0.497 e. The molecule has 1 aliphatic heterocycles. The summed E-state index contributed by atoms with van der Waals surface area (Å²) in [5, 5.41) is 39.3. The normalized spacial score (nSPS) is 31.9. The Morgan fingerprint density at radius 2 is 1.90 bits per heavy atom. The van der Waals surface area contributed by atoms with Crippen molar-refractivity contribution in [3.05, 3.63) is 29.8 Å². The highest BCUT2D eigenvalue weighted by Gasteiger charge is 2.38. The molecule has 0 saturated carbocycles. The number of rotatable bonds is 4. The van der Waals surface area contributed by atoms with Gasteiger partial charge in [-0.3, -0.25) is 0 Å². The van der Waals surface area contributed by atoms with E-state index in [1.807, 2.05) is 0 Å². The van der Waals surface area contributed by atoms with Crippen molar-refractivity contribution in [3.63, 3.8) is 0 Å². The molecule has 112 valence electrons. The fraction of sp³-hybridized carbons (Fsp3) is 0.571. The molecule has 1 saturated heterocycles. The van der Waals surface area contributed by atoms with Crippen molar-refractivity contribution in [1.82, 2.24) is 0 Å². The minimum atomic E-state index is -1.19. The van der Waals surface area contributed by atoms with Crippen LogP contribution >= 0.6 is 0 Å². The zero-order chi connectivity index (χ0) is 14.7. The molecule has 4 N–H and O–H groups in total. The summed E-state index contributed by atoms with van der Waals surface area (Å²) < 4.78 is 9.99. The first kappa shape index (κ1) is 15.2. The lowest BCUT2D eigenvalue weighted by Crippen LogP contribution is -2.49. The molecule has 0 amide bonds. The molecule has 0 bridgehead atoms. The maximum Gasteiger partial charge on any atom is 0.160 e. The zero-order valence-electron chi connectivity index (χ0n) is 11.2. The van der Waals surface area contributed by atoms with Gasteiger partial charge in [-0.1, -0.05) is 12.1 Å². The van der Waals surface area contributed by atoms with Crippen LogP contribution in [0.15, 0.2) is 24.3 Å². The van der Waals surface area contributed by atoms with Crippen LogP contribution in [-0.4, -0.2) is 52.6 Å². The maximum atomic E-state index is 10.2. The minimum absolute atomic E-state index is 0.0890. The monoisotopic (exact) mass is 284 g/mol. The number of methoxy groups -OCH3 is 1. The molecule has 0 radical (unpaired) electrons. The Balaban J connectivity index is 2.03. The van der Waals surface area contributed by atoms with Crippen molar-refractivity contribution in [3.8, 4) is 5.75 Å². The summed E-state index contributed by atoms with van der Waals surface area (Å²) in [7, 11) is 1.55. The van der Waals surface area contributed by atoms with Crippen LogP contribution in [0.4, 0.5) is 0 Å². The molecule has 1 aromatic carbocycles. The molecule has 2 unspecified atom stereocenters. The van der Waals surface area contributed by atoms with Crippen molar-refractivity contribution in [2.24, 2.45) is 5.92 Å². The molecule has 0 aliphatic carbocycles. The van der Waals surface area contributed by atoms with Crippen LogP contribution in [0.2, 0.25) is 0 Å². The van der Waals surface area contributed by atoms with Gasteiger partial charge >= 0.3 is 0 Å². The second-order valence-corrected chi connectivity index (χ2v) is 4.97. The molecule has 20 heavy (non-hydrogen) atoms. The van der Waals surface area contributed by atoms with E-state index >= 15 is 0 Å². The molecule has 1 heterocycles. The Morgan fingerprint density at radius 3 is 2.50 bits per heavy atom. The predicted molar refractivity (Wildman–Crippen MR) is 70.0 cm³/mol. The summed E-state index contributed by atoms with van der Waals surface area (Å²) in [6.07, 6.45) is -4.14. The van der Waals surface area contributed by atoms with Crippen molar-refractivity contribution in [1.29, 1.82) is 0 Å². The molecule has 0 spiro atoms. The second kappa shape index (κ2) is 6.51. The first-order chi connectivity index (χ1) is 9.52. The molecule has 2 rings (SSSR count). The van der Waals surface area contributed by atoms with E-state index in [0.717, 1.165) is 0 Å². The van der Waals surface area contributed by atoms with Gasteiger partial charge in [0.15, 0.2) is 6.29 Å². The van der Waals surface area contributed by atoms with Gasteiger partial charge in [-0.15, -0.1) is 0 Å². The van der Waals surface area contributed by atoms with E-state index < -0.39 is 30.5 Å². The van der Waals surface area contributed by atoms with Crippen molar-refractivity contribution in [2.75, 3.05) is 13.7 Å². The Hall–Kier alpha value is -1.18. The van der Waals surface area contributed by atoms with E-state index in [0.29, 0.717) is 11.3 Å². The molecule has 1 aromatic rings. The Morgan fingerprint density at radius 1 is 1.25 bits per heavy atom. The third kappa shape index (κ3) is 3.28. The Bertz CT molecular complexity index is 420. The van der Waals surface area contributed by atoms with E-state index in [1.54, 1.807) is 31.4 Å². The summed E-state index contributed by atoms with van der Waals surface area (Å²) in [4.78, 5) is 0. The number of hydrogen-bond acceptors (Lipinski definition) is 6. The third-order valence-corrected chi connectivity index (χ3v) is 3.63. The SMILES string of the molecule is COc1ccc(C(O)C[C@H]2C(O)OC[C@@H](O)[C@@H]2O)cc1. The van der Waals surface area contributed by atoms with Gasteiger partial charge in [-0.2, -0.15) is 0 Å². The van der Waals surface area contributed by atoms with Crippen LogP contribution in [0.25, 0.3) is 0 Å². The average Bonchev–Trinajstić information content (AvgIpc) is 2.47. The standard InChI is InChI=1S/C14H20O6/c1-19-9-4-2-8(3-5-9)11(15)6-10-13(17)12(16)7-20-14(10)18/h2-5,10-18H,6-7H2,1H3/t10-,11?,12-,13-,14?/m1/s1. The van der Waals surface area contributed by atoms with E-state index in [-0.39, 0.29) is 13.0 Å². The lowest BCUT2D eigenvalue weighted by Gasteiger charge is -2.36. The van der Waals surface area contributed by atoms with Gasteiger partial charge in [0.1, 0.15) is 11.9 Å². The number of aliphatic hydroxyl groups excluding tert-OH is 4. The van der Waals surface area contributed by atoms with Crippen LogP contribution in [-0.2, 0) is 4.74 Å². The molecular formula is C14H20O6. The average molecular weight is 284 g/mol.